The van der Waals surface area contributed by atoms with Crippen molar-refractivity contribution in [2.45, 2.75) is 19.9 Å². The molecule has 84 valence electrons. The van der Waals surface area contributed by atoms with Gasteiger partial charge in [0.15, 0.2) is 11.5 Å². The fraction of sp³-hybridized carbons (Fsp3) is 0.273. The van der Waals surface area contributed by atoms with Crippen LogP contribution in [-0.2, 0) is 0 Å². The van der Waals surface area contributed by atoms with Gasteiger partial charge in [0.05, 0.1) is 17.2 Å². The van der Waals surface area contributed by atoms with Gasteiger partial charge in [0.25, 0.3) is 5.56 Å². The lowest BCUT2D eigenvalue weighted by Gasteiger charge is -2.10. The summed E-state index contributed by atoms with van der Waals surface area (Å²) in [5, 5.41) is 18.9. The molecule has 16 heavy (non-hydrogen) atoms. The Labute approximate surface area is 91.6 Å². The summed E-state index contributed by atoms with van der Waals surface area (Å²) >= 11 is 0. The van der Waals surface area contributed by atoms with E-state index in [2.05, 4.69) is 4.98 Å². The zero-order valence-corrected chi connectivity index (χ0v) is 9.01. The average Bonchev–Trinajstić information content (AvgIpc) is 2.21. The summed E-state index contributed by atoms with van der Waals surface area (Å²) < 4.78 is 1.47. The SMILES string of the molecule is CC(C)n1cnc2cc(O)c(O)cc2c1=O. The number of hydrogen-bond acceptors (Lipinski definition) is 4. The normalized spacial score (nSPS) is 11.2. The third kappa shape index (κ3) is 1.50. The summed E-state index contributed by atoms with van der Waals surface area (Å²) in [5.41, 5.74) is 0.146. The van der Waals surface area contributed by atoms with Crippen LogP contribution < -0.4 is 5.56 Å². The van der Waals surface area contributed by atoms with Crippen molar-refractivity contribution in [1.29, 1.82) is 0 Å². The Morgan fingerprint density at radius 2 is 1.88 bits per heavy atom. The van der Waals surface area contributed by atoms with Crippen LogP contribution in [0.25, 0.3) is 10.9 Å². The minimum Gasteiger partial charge on any atom is -0.504 e. The highest BCUT2D eigenvalue weighted by atomic mass is 16.3. The molecule has 0 bridgehead atoms. The molecule has 0 unspecified atom stereocenters. The molecule has 1 heterocycles. The van der Waals surface area contributed by atoms with Crippen molar-refractivity contribution >= 4 is 10.9 Å². The number of aromatic nitrogens is 2. The van der Waals surface area contributed by atoms with Crippen LogP contribution in [0.1, 0.15) is 19.9 Å². The van der Waals surface area contributed by atoms with E-state index in [-0.39, 0.29) is 23.1 Å². The molecule has 1 aromatic carbocycles. The Kier molecular flexibility index (Phi) is 2.30. The molecule has 0 saturated heterocycles. The molecule has 0 aliphatic rings. The number of fused-ring (bicyclic) bond motifs is 1. The molecule has 2 rings (SSSR count). The first-order valence-electron chi connectivity index (χ1n) is 4.93. The van der Waals surface area contributed by atoms with Crippen molar-refractivity contribution < 1.29 is 10.2 Å². The van der Waals surface area contributed by atoms with Gasteiger partial charge in [-0.15, -0.1) is 0 Å². The average molecular weight is 220 g/mol. The monoisotopic (exact) mass is 220 g/mol. The molecule has 0 aliphatic carbocycles. The fourth-order valence-corrected chi connectivity index (χ4v) is 1.53. The summed E-state index contributed by atoms with van der Waals surface area (Å²) in [6.07, 6.45) is 1.44. The number of rotatable bonds is 1. The zero-order chi connectivity index (χ0) is 11.9. The van der Waals surface area contributed by atoms with Crippen molar-refractivity contribution in [3.8, 4) is 11.5 Å². The van der Waals surface area contributed by atoms with E-state index in [0.717, 1.165) is 0 Å². The van der Waals surface area contributed by atoms with Gasteiger partial charge in [0, 0.05) is 12.1 Å². The second kappa shape index (κ2) is 3.52. The van der Waals surface area contributed by atoms with Crippen LogP contribution in [0.4, 0.5) is 0 Å². The van der Waals surface area contributed by atoms with E-state index in [1.165, 1.54) is 23.0 Å². The molecule has 1 aromatic heterocycles. The summed E-state index contributed by atoms with van der Waals surface area (Å²) in [6.45, 7) is 3.74. The molecular formula is C11H12N2O3. The number of benzene rings is 1. The van der Waals surface area contributed by atoms with Gasteiger partial charge in [-0.25, -0.2) is 4.98 Å². The van der Waals surface area contributed by atoms with E-state index >= 15 is 0 Å². The van der Waals surface area contributed by atoms with Gasteiger partial charge >= 0.3 is 0 Å². The summed E-state index contributed by atoms with van der Waals surface area (Å²) in [7, 11) is 0. The summed E-state index contributed by atoms with van der Waals surface area (Å²) in [5.74, 6) is -0.588. The highest BCUT2D eigenvalue weighted by Crippen LogP contribution is 2.27. The molecular weight excluding hydrogens is 208 g/mol. The first kappa shape index (κ1) is 10.5. The van der Waals surface area contributed by atoms with Crippen molar-refractivity contribution in [3.63, 3.8) is 0 Å². The number of hydrogen-bond donors (Lipinski definition) is 2. The van der Waals surface area contributed by atoms with Crippen molar-refractivity contribution in [1.82, 2.24) is 9.55 Å². The molecule has 0 aliphatic heterocycles. The predicted octanol–water partition coefficient (Wildman–Crippen LogP) is 1.39. The molecule has 5 nitrogen and oxygen atoms in total. The van der Waals surface area contributed by atoms with Gasteiger partial charge in [0.2, 0.25) is 0 Å². The van der Waals surface area contributed by atoms with Gasteiger partial charge in [-0.2, -0.15) is 0 Å². The van der Waals surface area contributed by atoms with Crippen molar-refractivity contribution in [2.24, 2.45) is 0 Å². The number of nitrogens with zero attached hydrogens (tertiary/aromatic N) is 2. The molecule has 0 amide bonds. The van der Waals surface area contributed by atoms with E-state index in [1.807, 2.05) is 13.8 Å². The lowest BCUT2D eigenvalue weighted by atomic mass is 10.2. The molecule has 0 radical (unpaired) electrons. The van der Waals surface area contributed by atoms with Crippen LogP contribution in [0, 0.1) is 0 Å². The van der Waals surface area contributed by atoms with E-state index < -0.39 is 0 Å². The smallest absolute Gasteiger partial charge is 0.261 e. The number of phenolic OH excluding ortho intramolecular Hbond substituents is 2. The van der Waals surface area contributed by atoms with Gasteiger partial charge in [0.1, 0.15) is 0 Å². The molecule has 2 aromatic rings. The highest BCUT2D eigenvalue weighted by Gasteiger charge is 2.09. The predicted molar refractivity (Wildman–Crippen MR) is 59.7 cm³/mol. The van der Waals surface area contributed by atoms with Crippen molar-refractivity contribution in [3.05, 3.63) is 28.8 Å². The largest absolute Gasteiger partial charge is 0.504 e. The Bertz CT molecular complexity index is 602. The Hall–Kier alpha value is -2.04. The van der Waals surface area contributed by atoms with Gasteiger partial charge in [-0.05, 0) is 19.9 Å². The number of phenols is 2. The molecule has 5 heteroatoms. The summed E-state index contributed by atoms with van der Waals surface area (Å²) in [6, 6.07) is 2.51. The Balaban J connectivity index is 2.85. The highest BCUT2D eigenvalue weighted by molar-refractivity contribution is 5.81. The lowest BCUT2D eigenvalue weighted by molar-refractivity contribution is 0.404. The minimum atomic E-state index is -0.312. The topological polar surface area (TPSA) is 75.3 Å². The maximum Gasteiger partial charge on any atom is 0.261 e. The number of aromatic hydroxyl groups is 2. The van der Waals surface area contributed by atoms with Crippen LogP contribution in [0.15, 0.2) is 23.3 Å². The molecule has 0 spiro atoms. The molecule has 0 atom stereocenters. The molecule has 2 N–H and O–H groups in total. The van der Waals surface area contributed by atoms with Crippen LogP contribution >= 0.6 is 0 Å². The molecule has 0 saturated carbocycles. The van der Waals surface area contributed by atoms with Crippen LogP contribution in [0.3, 0.4) is 0 Å². The van der Waals surface area contributed by atoms with E-state index in [1.54, 1.807) is 0 Å². The maximum absolute atomic E-state index is 12.0. The second-order valence-corrected chi connectivity index (χ2v) is 3.91. The molecule has 0 fully saturated rings. The quantitative estimate of drug-likeness (QED) is 0.712. The minimum absolute atomic E-state index is 0.000320. The zero-order valence-electron chi connectivity index (χ0n) is 9.01. The Morgan fingerprint density at radius 1 is 1.25 bits per heavy atom. The maximum atomic E-state index is 12.0. The van der Waals surface area contributed by atoms with Gasteiger partial charge < -0.3 is 10.2 Å². The lowest BCUT2D eigenvalue weighted by Crippen LogP contribution is -2.22. The first-order valence-corrected chi connectivity index (χ1v) is 4.93. The van der Waals surface area contributed by atoms with E-state index in [9.17, 15) is 15.0 Å². The summed E-state index contributed by atoms with van der Waals surface area (Å²) in [4.78, 5) is 16.0. The van der Waals surface area contributed by atoms with Gasteiger partial charge in [-0.3, -0.25) is 9.36 Å². The van der Waals surface area contributed by atoms with Crippen LogP contribution in [-0.4, -0.2) is 19.8 Å². The third-order valence-corrected chi connectivity index (χ3v) is 2.44. The van der Waals surface area contributed by atoms with Crippen LogP contribution in [0.5, 0.6) is 11.5 Å². The van der Waals surface area contributed by atoms with E-state index in [0.29, 0.717) is 10.9 Å². The van der Waals surface area contributed by atoms with E-state index in [4.69, 9.17) is 0 Å². The second-order valence-electron chi connectivity index (χ2n) is 3.91. The van der Waals surface area contributed by atoms with Crippen LogP contribution in [0.2, 0.25) is 0 Å². The third-order valence-electron chi connectivity index (χ3n) is 2.44. The standard InChI is InChI=1S/C11H12N2O3/c1-6(2)13-5-12-8-4-10(15)9(14)3-7(8)11(13)16/h3-6,14-15H,1-2H3. The Morgan fingerprint density at radius 3 is 2.50 bits per heavy atom. The fourth-order valence-electron chi connectivity index (χ4n) is 1.53. The first-order chi connectivity index (χ1) is 7.50. The van der Waals surface area contributed by atoms with Gasteiger partial charge in [-0.1, -0.05) is 0 Å². The van der Waals surface area contributed by atoms with Crippen molar-refractivity contribution in [2.75, 3.05) is 0 Å².